The van der Waals surface area contributed by atoms with Gasteiger partial charge in [-0.3, -0.25) is 19.4 Å². The van der Waals surface area contributed by atoms with Gasteiger partial charge in [-0.05, 0) is 166 Å². The predicted molar refractivity (Wildman–Crippen MR) is 336 cm³/mol. The molecule has 6 aromatic carbocycles. The molecule has 0 spiro atoms. The number of pyridine rings is 2. The number of alkyl halides is 4. The van der Waals surface area contributed by atoms with Gasteiger partial charge >= 0.3 is 5.97 Å². The lowest BCUT2D eigenvalue weighted by Gasteiger charge is -2.31. The van der Waals surface area contributed by atoms with E-state index >= 15 is 0 Å². The topological polar surface area (TPSA) is 173 Å². The average molecular weight is 1220 g/mol. The molecule has 458 valence electrons. The molecule has 90 heavy (non-hydrogen) atoms. The van der Waals surface area contributed by atoms with Gasteiger partial charge in [-0.2, -0.15) is 0 Å². The van der Waals surface area contributed by atoms with Crippen molar-refractivity contribution in [3.05, 3.63) is 234 Å². The number of fused-ring (bicyclic) bond motifs is 2. The third kappa shape index (κ3) is 16.0. The Kier molecular flexibility index (Phi) is 19.3. The lowest BCUT2D eigenvalue weighted by atomic mass is 9.96. The number of hydrogen-bond acceptors (Lipinski definition) is 9. The fourth-order valence-electron chi connectivity index (χ4n) is 10.5. The fourth-order valence-corrected chi connectivity index (χ4v) is 10.5. The van der Waals surface area contributed by atoms with Gasteiger partial charge in [0.15, 0.2) is 5.78 Å². The Morgan fingerprint density at radius 2 is 1.01 bits per heavy atom. The normalized spacial score (nSPS) is 14.5. The zero-order valence-corrected chi connectivity index (χ0v) is 48.9. The summed E-state index contributed by atoms with van der Waals surface area (Å²) in [5.41, 5.74) is 16.2. The van der Waals surface area contributed by atoms with E-state index in [1.165, 1.54) is 46.2 Å². The molecule has 0 atom stereocenters. The first-order valence-electron chi connectivity index (χ1n) is 29.2. The second-order valence-corrected chi connectivity index (χ2v) is 21.9. The summed E-state index contributed by atoms with van der Waals surface area (Å²) >= 11 is 0. The van der Waals surface area contributed by atoms with E-state index in [-0.39, 0.29) is 87.5 Å². The first-order chi connectivity index (χ1) is 43.2. The number of halogens is 6. The molecule has 4 aromatic heterocycles. The monoisotopic (exact) mass is 1220 g/mol. The summed E-state index contributed by atoms with van der Waals surface area (Å²) in [5, 5.41) is 10.0. The average Bonchev–Trinajstić information content (AvgIpc) is 1.60. The van der Waals surface area contributed by atoms with Crippen LogP contribution in [0.1, 0.15) is 82.4 Å². The van der Waals surface area contributed by atoms with Crippen LogP contribution in [0.3, 0.4) is 0 Å². The molecule has 6 heterocycles. The smallest absolute Gasteiger partial charge is 0.328 e. The van der Waals surface area contributed by atoms with Crippen molar-refractivity contribution in [1.29, 1.82) is 0 Å². The number of benzene rings is 6. The van der Waals surface area contributed by atoms with Gasteiger partial charge in [0, 0.05) is 129 Å². The number of likely N-dealkylation sites (tertiary alicyclic amines) is 2. The third-order valence-corrected chi connectivity index (χ3v) is 15.5. The van der Waals surface area contributed by atoms with E-state index in [1.54, 1.807) is 97.5 Å². The second-order valence-electron chi connectivity index (χ2n) is 21.9. The van der Waals surface area contributed by atoms with Gasteiger partial charge < -0.3 is 29.5 Å². The van der Waals surface area contributed by atoms with Crippen molar-refractivity contribution in [2.45, 2.75) is 63.7 Å². The Hall–Kier alpha value is -10.4. The zero-order valence-electron chi connectivity index (χ0n) is 48.9. The number of hydrogen-bond donors (Lipinski definition) is 2. The number of piperidine rings is 2. The van der Waals surface area contributed by atoms with Crippen LogP contribution in [0.2, 0.25) is 0 Å². The predicted octanol–water partition coefficient (Wildman–Crippen LogP) is 16.5. The van der Waals surface area contributed by atoms with Crippen LogP contribution in [0, 0.1) is 11.6 Å². The standard InChI is InChI=1S/C36H30F3N3O3.C28H24F3NO2.C8H7NO2/c37-29-9-7-25(8-10-29)32-21-27(24-3-5-26(6-4-24)35(44)42-17-15-36(38,39)16-18-42)19-28-20-31(45-34(28)32)13-12-30(43)11-1-23-2-14-33(40)41-22-23;1-2-24-16-22-15-21(17-25(26(22)34-24)19-7-9-23(29)10-8-19)18-3-5-20(6-4-18)27(33)32-13-11-28(30,31)12-14-32;10-8(11)4-3-7-2-1-5-9-6-7/h1-11,14,19-22H,12-13,15-18H2,(H2,40,41);3-10,15-17H,2,11-14H2,1H3;1-6H,(H,10,11)/b11-1+;;4-3+. The first-order valence-corrected chi connectivity index (χ1v) is 29.2. The Bertz CT molecular complexity index is 4220. The van der Waals surface area contributed by atoms with Crippen LogP contribution in [-0.4, -0.2) is 86.5 Å². The molecular formula is C72H61F6N5O7. The molecule has 12 nitrogen and oxygen atoms in total. The highest BCUT2D eigenvalue weighted by molar-refractivity contribution is 6.00. The van der Waals surface area contributed by atoms with E-state index in [0.29, 0.717) is 34.7 Å². The van der Waals surface area contributed by atoms with Crippen molar-refractivity contribution in [2.24, 2.45) is 0 Å². The van der Waals surface area contributed by atoms with E-state index in [2.05, 4.69) is 9.97 Å². The number of aryl methyl sites for hydroxylation is 2. The number of rotatable bonds is 14. The van der Waals surface area contributed by atoms with Crippen molar-refractivity contribution < 1.29 is 59.5 Å². The van der Waals surface area contributed by atoms with Crippen molar-refractivity contribution in [3.8, 4) is 44.5 Å². The minimum Gasteiger partial charge on any atom is -0.478 e. The SMILES string of the molecule is CCc1cc2cc(-c3ccc(C(=O)N4CCC(F)(F)CC4)cc3)cc(-c3ccc(F)cc3)c2o1.Nc1ccc(/C=C/C(=O)CCc2cc3cc(-c4ccc(C(=O)N5CCC(F)(F)CC5)cc4)cc(-c4ccc(F)cc4)c3o2)cn1.O=C(O)/C=C/c1cccnc1. The van der Waals surface area contributed by atoms with E-state index < -0.39 is 17.8 Å². The molecule has 0 unspecified atom stereocenters. The van der Waals surface area contributed by atoms with Gasteiger partial charge in [-0.25, -0.2) is 36.1 Å². The highest BCUT2D eigenvalue weighted by atomic mass is 19.3. The largest absolute Gasteiger partial charge is 0.478 e. The van der Waals surface area contributed by atoms with Crippen LogP contribution in [0.5, 0.6) is 0 Å². The Morgan fingerprint density at radius 3 is 1.46 bits per heavy atom. The first kappa shape index (κ1) is 62.7. The van der Waals surface area contributed by atoms with Crippen molar-refractivity contribution in [2.75, 3.05) is 31.9 Å². The molecule has 0 radical (unpaired) electrons. The number of nitrogens with two attached hydrogens (primary N) is 1. The summed E-state index contributed by atoms with van der Waals surface area (Å²) in [5.74, 6) is -5.69. The molecule has 2 fully saturated rings. The number of aliphatic carboxylic acids is 1. The number of nitrogen functional groups attached to an aromatic ring is 1. The van der Waals surface area contributed by atoms with Crippen LogP contribution in [0.4, 0.5) is 32.2 Å². The zero-order chi connectivity index (χ0) is 63.5. The van der Waals surface area contributed by atoms with Gasteiger partial charge in [-0.1, -0.05) is 61.5 Å². The minimum atomic E-state index is -2.73. The molecule has 0 bridgehead atoms. The van der Waals surface area contributed by atoms with Crippen LogP contribution in [-0.2, 0) is 22.4 Å². The summed E-state index contributed by atoms with van der Waals surface area (Å²) in [6.45, 7) is 2.19. The molecule has 10 aromatic rings. The summed E-state index contributed by atoms with van der Waals surface area (Å²) in [4.78, 5) is 59.1. The molecule has 0 aliphatic carbocycles. The minimum absolute atomic E-state index is 0.0239. The fraction of sp³-hybridized carbons (Fsp3) is 0.194. The molecule has 2 aliphatic rings. The maximum Gasteiger partial charge on any atom is 0.328 e. The molecule has 0 saturated carbocycles. The van der Waals surface area contributed by atoms with Crippen molar-refractivity contribution in [1.82, 2.24) is 19.8 Å². The van der Waals surface area contributed by atoms with E-state index in [1.807, 2.05) is 67.6 Å². The number of amides is 2. The van der Waals surface area contributed by atoms with E-state index in [4.69, 9.17) is 19.7 Å². The lowest BCUT2D eigenvalue weighted by Crippen LogP contribution is -2.42. The number of allylic oxidation sites excluding steroid dienone is 1. The highest BCUT2D eigenvalue weighted by Gasteiger charge is 2.37. The number of furan rings is 2. The van der Waals surface area contributed by atoms with Gasteiger partial charge in [0.1, 0.15) is 40.1 Å². The molecule has 2 aliphatic heterocycles. The lowest BCUT2D eigenvalue weighted by molar-refractivity contribution is -0.131. The van der Waals surface area contributed by atoms with Gasteiger partial charge in [0.05, 0.1) is 0 Å². The third-order valence-electron chi connectivity index (χ3n) is 15.5. The highest BCUT2D eigenvalue weighted by Crippen LogP contribution is 2.39. The molecule has 2 amide bonds. The maximum atomic E-state index is 13.8. The van der Waals surface area contributed by atoms with Gasteiger partial charge in [0.25, 0.3) is 23.7 Å². The van der Waals surface area contributed by atoms with Crippen molar-refractivity contribution in [3.63, 3.8) is 0 Å². The Morgan fingerprint density at radius 1 is 0.556 bits per heavy atom. The van der Waals surface area contributed by atoms with Crippen LogP contribution in [0.25, 0.3) is 78.6 Å². The molecule has 2 saturated heterocycles. The summed E-state index contributed by atoms with van der Waals surface area (Å²) in [6.07, 6.45) is 10.7. The van der Waals surface area contributed by atoms with Crippen LogP contribution >= 0.6 is 0 Å². The molecule has 18 heteroatoms. The van der Waals surface area contributed by atoms with Crippen LogP contribution < -0.4 is 5.73 Å². The molecular weight excluding hydrogens is 1160 g/mol. The van der Waals surface area contributed by atoms with E-state index in [0.717, 1.165) is 90.2 Å². The summed E-state index contributed by atoms with van der Waals surface area (Å²) in [7, 11) is 0. The molecule has 3 N–H and O–H groups in total. The number of carbonyl (C=O) groups excluding carboxylic acids is 3. The number of nitrogens with zero attached hydrogens (tertiary/aromatic N) is 4. The quantitative estimate of drug-likeness (QED) is 0.0788. The number of carbonyl (C=O) groups is 4. The number of carboxylic acids is 1. The number of ketones is 1. The number of aromatic nitrogens is 2. The second kappa shape index (κ2) is 27.8. The van der Waals surface area contributed by atoms with Gasteiger partial charge in [-0.15, -0.1) is 0 Å². The summed E-state index contributed by atoms with van der Waals surface area (Å²) in [6, 6.07) is 45.5. The maximum absolute atomic E-state index is 13.8. The number of anilines is 1. The molecule has 12 rings (SSSR count). The van der Waals surface area contributed by atoms with Gasteiger partial charge in [0.2, 0.25) is 0 Å². The Labute approximate surface area is 514 Å². The Balaban J connectivity index is 0.000000174. The summed E-state index contributed by atoms with van der Waals surface area (Å²) < 4.78 is 93.6. The van der Waals surface area contributed by atoms with E-state index in [9.17, 15) is 45.5 Å². The van der Waals surface area contributed by atoms with Crippen molar-refractivity contribution >= 4 is 63.5 Å². The number of carboxylic acid groups (broad SMARTS) is 1. The van der Waals surface area contributed by atoms with Crippen LogP contribution in [0.15, 0.2) is 197 Å².